The average molecular weight is 360 g/mol. The van der Waals surface area contributed by atoms with E-state index in [1.165, 1.54) is 24.8 Å². The van der Waals surface area contributed by atoms with Crippen molar-refractivity contribution in [1.82, 2.24) is 0 Å². The molecule has 0 unspecified atom stereocenters. The molecule has 0 aromatic rings. The highest BCUT2D eigenvalue weighted by Crippen LogP contribution is 2.47. The number of hydrogen-bond donors (Lipinski definition) is 3. The lowest BCUT2D eigenvalue weighted by Gasteiger charge is -2.25. The van der Waals surface area contributed by atoms with Crippen LogP contribution in [-0.4, -0.2) is 33.5 Å². The monoisotopic (exact) mass is 360 g/mol. The van der Waals surface area contributed by atoms with E-state index in [9.17, 15) is 15.0 Å². The molecule has 2 saturated carbocycles. The first-order valence-corrected chi connectivity index (χ1v) is 10.2. The van der Waals surface area contributed by atoms with E-state index in [-0.39, 0.29) is 24.5 Å². The molecule has 26 heavy (non-hydrogen) atoms. The average Bonchev–Trinajstić information content (AvgIpc) is 3.14. The summed E-state index contributed by atoms with van der Waals surface area (Å²) in [4.78, 5) is 10.6. The van der Waals surface area contributed by atoms with E-state index in [0.29, 0.717) is 24.2 Å². The Morgan fingerprint density at radius 2 is 2.04 bits per heavy atom. The minimum absolute atomic E-state index is 0.111. The molecule has 3 aliphatic rings. The van der Waals surface area contributed by atoms with Crippen LogP contribution in [0.5, 0.6) is 0 Å². The number of rotatable bonds is 7. The third kappa shape index (κ3) is 4.86. The molecule has 3 N–H and O–H groups in total. The Hall–Kier alpha value is -1.39. The zero-order chi connectivity index (χ0) is 18.5. The van der Waals surface area contributed by atoms with Gasteiger partial charge in [0.15, 0.2) is 0 Å². The maximum absolute atomic E-state index is 10.6. The summed E-state index contributed by atoms with van der Waals surface area (Å²) in [6.45, 7) is 0. The normalized spacial score (nSPS) is 33.7. The van der Waals surface area contributed by atoms with Crippen molar-refractivity contribution in [1.29, 1.82) is 0 Å². The van der Waals surface area contributed by atoms with E-state index < -0.39 is 5.97 Å². The summed E-state index contributed by atoms with van der Waals surface area (Å²) in [7, 11) is 0. The fourth-order valence-electron chi connectivity index (χ4n) is 4.99. The number of carboxylic acid groups (broad SMARTS) is 1. The summed E-state index contributed by atoms with van der Waals surface area (Å²) in [5.74, 6) is 0.518. The highest BCUT2D eigenvalue weighted by atomic mass is 16.4. The first kappa shape index (κ1) is 19.4. The van der Waals surface area contributed by atoms with Gasteiger partial charge < -0.3 is 15.3 Å². The molecule has 0 aromatic heterocycles. The minimum Gasteiger partial charge on any atom is -0.481 e. The van der Waals surface area contributed by atoms with Crippen LogP contribution in [0.3, 0.4) is 0 Å². The summed E-state index contributed by atoms with van der Waals surface area (Å²) in [5.41, 5.74) is 1.25. The highest BCUT2D eigenvalue weighted by molar-refractivity contribution is 5.66. The maximum atomic E-state index is 10.6. The molecule has 144 valence electrons. The fraction of sp³-hybridized carbons (Fsp3) is 0.682. The van der Waals surface area contributed by atoms with Crippen LogP contribution < -0.4 is 0 Å². The van der Waals surface area contributed by atoms with Crippen molar-refractivity contribution in [3.63, 3.8) is 0 Å². The number of fused-ring (bicyclic) bond motifs is 1. The molecule has 0 bridgehead atoms. The Morgan fingerprint density at radius 3 is 2.77 bits per heavy atom. The van der Waals surface area contributed by atoms with Crippen molar-refractivity contribution >= 4 is 5.97 Å². The fourth-order valence-corrected chi connectivity index (χ4v) is 4.99. The third-order valence-corrected chi connectivity index (χ3v) is 6.42. The first-order valence-electron chi connectivity index (χ1n) is 10.2. The van der Waals surface area contributed by atoms with Gasteiger partial charge in [-0.25, -0.2) is 0 Å². The molecule has 0 spiro atoms. The predicted octanol–water partition coefficient (Wildman–Crippen LogP) is 3.85. The van der Waals surface area contributed by atoms with Gasteiger partial charge in [-0.15, -0.1) is 0 Å². The summed E-state index contributed by atoms with van der Waals surface area (Å²) >= 11 is 0. The van der Waals surface area contributed by atoms with Crippen LogP contribution in [0.25, 0.3) is 0 Å². The number of carbonyl (C=O) groups is 1. The molecule has 2 fully saturated rings. The molecule has 0 saturated heterocycles. The Kier molecular flexibility index (Phi) is 6.71. The molecule has 0 aliphatic heterocycles. The quantitative estimate of drug-likeness (QED) is 0.603. The van der Waals surface area contributed by atoms with Gasteiger partial charge in [-0.1, -0.05) is 55.2 Å². The lowest BCUT2D eigenvalue weighted by molar-refractivity contribution is -0.136. The SMILES string of the molecule is O=C(O)CCC=CC1=C[C@H]2C[C@@H](O)[C@@H](C=C[C@@H](O)C3CCCCC3)[C@H]2C1. The number of aliphatic carboxylic acids is 1. The van der Waals surface area contributed by atoms with Crippen LogP contribution in [0, 0.1) is 23.7 Å². The summed E-state index contributed by atoms with van der Waals surface area (Å²) < 4.78 is 0. The van der Waals surface area contributed by atoms with Crippen molar-refractivity contribution in [3.8, 4) is 0 Å². The van der Waals surface area contributed by atoms with Gasteiger partial charge in [-0.2, -0.15) is 0 Å². The van der Waals surface area contributed by atoms with Gasteiger partial charge in [0.25, 0.3) is 0 Å². The Bertz CT molecular complexity index is 571. The molecular weight excluding hydrogens is 328 g/mol. The smallest absolute Gasteiger partial charge is 0.303 e. The number of allylic oxidation sites excluding steroid dienone is 4. The molecule has 0 aromatic carbocycles. The van der Waals surface area contributed by atoms with Crippen molar-refractivity contribution in [2.24, 2.45) is 23.7 Å². The van der Waals surface area contributed by atoms with Crippen molar-refractivity contribution in [3.05, 3.63) is 36.0 Å². The molecule has 3 rings (SSSR count). The van der Waals surface area contributed by atoms with Gasteiger partial charge in [0.2, 0.25) is 0 Å². The molecule has 4 heteroatoms. The lowest BCUT2D eigenvalue weighted by Crippen LogP contribution is -2.22. The molecular formula is C22H32O4. The van der Waals surface area contributed by atoms with Crippen LogP contribution in [-0.2, 0) is 4.79 Å². The second kappa shape index (κ2) is 9.01. The van der Waals surface area contributed by atoms with E-state index in [0.717, 1.165) is 25.7 Å². The van der Waals surface area contributed by atoms with Crippen molar-refractivity contribution in [2.75, 3.05) is 0 Å². The second-order valence-electron chi connectivity index (χ2n) is 8.26. The van der Waals surface area contributed by atoms with Crippen molar-refractivity contribution in [2.45, 2.75) is 70.0 Å². The Balaban J connectivity index is 1.54. The predicted molar refractivity (Wildman–Crippen MR) is 102 cm³/mol. The van der Waals surface area contributed by atoms with Crippen LogP contribution >= 0.6 is 0 Å². The van der Waals surface area contributed by atoms with Gasteiger partial charge in [-0.05, 0) is 49.9 Å². The van der Waals surface area contributed by atoms with Crippen LogP contribution in [0.1, 0.15) is 57.8 Å². The summed E-state index contributed by atoms with van der Waals surface area (Å²) in [6.07, 6.45) is 17.9. The molecule has 4 nitrogen and oxygen atoms in total. The van der Waals surface area contributed by atoms with Crippen LogP contribution in [0.15, 0.2) is 36.0 Å². The van der Waals surface area contributed by atoms with Gasteiger partial charge >= 0.3 is 5.97 Å². The van der Waals surface area contributed by atoms with Crippen molar-refractivity contribution < 1.29 is 20.1 Å². The molecule has 3 aliphatic carbocycles. The summed E-state index contributed by atoms with van der Waals surface area (Å²) in [5, 5.41) is 29.6. The number of aliphatic hydroxyl groups is 2. The zero-order valence-electron chi connectivity index (χ0n) is 15.5. The maximum Gasteiger partial charge on any atom is 0.303 e. The van der Waals surface area contributed by atoms with E-state index in [2.05, 4.69) is 12.2 Å². The van der Waals surface area contributed by atoms with Gasteiger partial charge in [-0.3, -0.25) is 4.79 Å². The van der Waals surface area contributed by atoms with E-state index in [1.54, 1.807) is 0 Å². The molecule has 5 atom stereocenters. The first-order chi connectivity index (χ1) is 12.5. The number of aliphatic hydroxyl groups excluding tert-OH is 2. The van der Waals surface area contributed by atoms with Gasteiger partial charge in [0.05, 0.1) is 12.2 Å². The molecule has 0 amide bonds. The third-order valence-electron chi connectivity index (χ3n) is 6.42. The highest BCUT2D eigenvalue weighted by Gasteiger charge is 2.43. The number of carboxylic acids is 1. The minimum atomic E-state index is -0.767. The van der Waals surface area contributed by atoms with Gasteiger partial charge in [0.1, 0.15) is 0 Å². The lowest BCUT2D eigenvalue weighted by atomic mass is 9.84. The van der Waals surface area contributed by atoms with E-state index in [1.807, 2.05) is 18.2 Å². The summed E-state index contributed by atoms with van der Waals surface area (Å²) in [6, 6.07) is 0. The Morgan fingerprint density at radius 1 is 1.27 bits per heavy atom. The Labute approximate surface area is 156 Å². The van der Waals surface area contributed by atoms with E-state index in [4.69, 9.17) is 5.11 Å². The van der Waals surface area contributed by atoms with E-state index >= 15 is 0 Å². The van der Waals surface area contributed by atoms with Crippen LogP contribution in [0.4, 0.5) is 0 Å². The van der Waals surface area contributed by atoms with Gasteiger partial charge in [0, 0.05) is 12.3 Å². The zero-order valence-corrected chi connectivity index (χ0v) is 15.5. The molecule has 0 heterocycles. The number of hydrogen-bond acceptors (Lipinski definition) is 3. The van der Waals surface area contributed by atoms with Crippen LogP contribution in [0.2, 0.25) is 0 Å². The standard InChI is InChI=1S/C22H32O4/c23-20(16-7-2-1-3-8-16)11-10-18-19-13-15(6-4-5-9-22(25)26)12-17(19)14-21(18)24/h4,6,10-12,16-21,23-24H,1-3,5,7-9,13-14H2,(H,25,26)/t17-,18-,19-,20+,21+/m0/s1. The molecule has 0 radical (unpaired) electrons. The second-order valence-corrected chi connectivity index (χ2v) is 8.26. The largest absolute Gasteiger partial charge is 0.481 e. The topological polar surface area (TPSA) is 77.8 Å².